The Bertz CT molecular complexity index is 747. The van der Waals surface area contributed by atoms with Crippen LogP contribution < -0.4 is 10.2 Å². The lowest BCUT2D eigenvalue weighted by Gasteiger charge is -2.32. The molecule has 0 saturated carbocycles. The van der Waals surface area contributed by atoms with Crippen molar-refractivity contribution in [2.75, 3.05) is 29.9 Å². The van der Waals surface area contributed by atoms with Gasteiger partial charge in [0.05, 0.1) is 18.1 Å². The summed E-state index contributed by atoms with van der Waals surface area (Å²) in [5, 5.41) is 2.97. The number of hydrogen-bond donors (Lipinski definition) is 1. The summed E-state index contributed by atoms with van der Waals surface area (Å²) < 4.78 is 4.97. The number of nitrogens with zero attached hydrogens (tertiary/aromatic N) is 2. The van der Waals surface area contributed by atoms with Crippen molar-refractivity contribution in [1.82, 2.24) is 4.98 Å². The Kier molecular flexibility index (Phi) is 5.84. The second-order valence-corrected chi connectivity index (χ2v) is 6.27. The summed E-state index contributed by atoms with van der Waals surface area (Å²) in [6.45, 7) is 3.57. The number of nitrogens with one attached hydrogen (secondary N) is 1. The Hall–Kier alpha value is -2.89. The first-order valence-electron chi connectivity index (χ1n) is 8.91. The van der Waals surface area contributed by atoms with Crippen LogP contribution in [0.25, 0.3) is 0 Å². The number of piperidine rings is 1. The van der Waals surface area contributed by atoms with Gasteiger partial charge in [0, 0.05) is 25.0 Å². The first-order chi connectivity index (χ1) is 12.7. The van der Waals surface area contributed by atoms with E-state index in [2.05, 4.69) is 15.2 Å². The van der Waals surface area contributed by atoms with Gasteiger partial charge in [-0.3, -0.25) is 4.79 Å². The topological polar surface area (TPSA) is 71.5 Å². The van der Waals surface area contributed by atoms with Crippen LogP contribution >= 0.6 is 0 Å². The largest absolute Gasteiger partial charge is 0.462 e. The fourth-order valence-electron chi connectivity index (χ4n) is 3.07. The average molecular weight is 353 g/mol. The standard InChI is InChI=1S/C20H23N3O3/c1-2-26-20(25)15-10-11-18(21-13-15)23-12-6-7-16(14-23)19(24)22-17-8-4-3-5-9-17/h3-5,8-11,13,16H,2,6-7,12,14H2,1H3,(H,22,24). The number of esters is 1. The van der Waals surface area contributed by atoms with E-state index in [9.17, 15) is 9.59 Å². The third-order valence-corrected chi connectivity index (χ3v) is 4.42. The molecule has 1 aliphatic rings. The van der Waals surface area contributed by atoms with E-state index in [1.165, 1.54) is 6.20 Å². The summed E-state index contributed by atoms with van der Waals surface area (Å²) in [7, 11) is 0. The van der Waals surface area contributed by atoms with Gasteiger partial charge in [0.2, 0.25) is 5.91 Å². The smallest absolute Gasteiger partial charge is 0.339 e. The van der Waals surface area contributed by atoms with Crippen molar-refractivity contribution < 1.29 is 14.3 Å². The van der Waals surface area contributed by atoms with E-state index in [1.54, 1.807) is 13.0 Å². The van der Waals surface area contributed by atoms with Crippen molar-refractivity contribution in [2.24, 2.45) is 5.92 Å². The second kappa shape index (κ2) is 8.47. The van der Waals surface area contributed by atoms with Crippen LogP contribution in [0.2, 0.25) is 0 Å². The molecule has 0 aliphatic carbocycles. The van der Waals surface area contributed by atoms with E-state index in [0.29, 0.717) is 18.7 Å². The van der Waals surface area contributed by atoms with Crippen LogP contribution in [0.4, 0.5) is 11.5 Å². The van der Waals surface area contributed by atoms with Crippen LogP contribution in [0.3, 0.4) is 0 Å². The molecule has 1 aliphatic heterocycles. The first kappa shape index (κ1) is 17.9. The van der Waals surface area contributed by atoms with Crippen LogP contribution in [0.1, 0.15) is 30.1 Å². The fraction of sp³-hybridized carbons (Fsp3) is 0.350. The zero-order valence-corrected chi connectivity index (χ0v) is 14.9. The van der Waals surface area contributed by atoms with E-state index in [0.717, 1.165) is 30.9 Å². The third kappa shape index (κ3) is 4.39. The SMILES string of the molecule is CCOC(=O)c1ccc(N2CCCC(C(=O)Nc3ccccc3)C2)nc1. The molecule has 0 radical (unpaired) electrons. The number of carbonyl (C=O) groups excluding carboxylic acids is 2. The summed E-state index contributed by atoms with van der Waals surface area (Å²) in [6, 6.07) is 13.0. The molecule has 1 unspecified atom stereocenters. The van der Waals surface area contributed by atoms with Gasteiger partial charge < -0.3 is 15.0 Å². The average Bonchev–Trinajstić information content (AvgIpc) is 2.69. The van der Waals surface area contributed by atoms with Crippen LogP contribution in [0, 0.1) is 5.92 Å². The molecule has 136 valence electrons. The van der Waals surface area contributed by atoms with E-state index >= 15 is 0 Å². The van der Waals surface area contributed by atoms with Crippen molar-refractivity contribution in [3.05, 3.63) is 54.2 Å². The van der Waals surface area contributed by atoms with Gasteiger partial charge in [-0.2, -0.15) is 0 Å². The van der Waals surface area contributed by atoms with E-state index in [1.807, 2.05) is 36.4 Å². The van der Waals surface area contributed by atoms with Gasteiger partial charge >= 0.3 is 5.97 Å². The van der Waals surface area contributed by atoms with Crippen molar-refractivity contribution in [2.45, 2.75) is 19.8 Å². The Morgan fingerprint density at radius 1 is 1.23 bits per heavy atom. The number of aromatic nitrogens is 1. The van der Waals surface area contributed by atoms with Gasteiger partial charge in [-0.1, -0.05) is 18.2 Å². The molecule has 1 atom stereocenters. The molecule has 2 aromatic rings. The molecule has 1 saturated heterocycles. The maximum absolute atomic E-state index is 12.5. The highest BCUT2D eigenvalue weighted by atomic mass is 16.5. The number of hydrogen-bond acceptors (Lipinski definition) is 5. The molecule has 1 amide bonds. The Morgan fingerprint density at radius 2 is 2.04 bits per heavy atom. The van der Waals surface area contributed by atoms with Gasteiger partial charge in [-0.15, -0.1) is 0 Å². The summed E-state index contributed by atoms with van der Waals surface area (Å²) in [4.78, 5) is 30.7. The number of benzene rings is 1. The number of anilines is 2. The van der Waals surface area contributed by atoms with Crippen molar-refractivity contribution >= 4 is 23.4 Å². The lowest BCUT2D eigenvalue weighted by Crippen LogP contribution is -2.41. The van der Waals surface area contributed by atoms with Gasteiger partial charge in [0.1, 0.15) is 5.82 Å². The summed E-state index contributed by atoms with van der Waals surface area (Å²) in [5.41, 5.74) is 1.25. The minimum Gasteiger partial charge on any atom is -0.462 e. The molecule has 1 aromatic carbocycles. The lowest BCUT2D eigenvalue weighted by atomic mass is 9.97. The molecule has 2 heterocycles. The van der Waals surface area contributed by atoms with Gasteiger partial charge in [-0.05, 0) is 44.0 Å². The van der Waals surface area contributed by atoms with Crippen LogP contribution in [-0.2, 0) is 9.53 Å². The highest BCUT2D eigenvalue weighted by Gasteiger charge is 2.26. The van der Waals surface area contributed by atoms with Crippen molar-refractivity contribution in [3.8, 4) is 0 Å². The first-order valence-corrected chi connectivity index (χ1v) is 8.91. The molecule has 1 N–H and O–H groups in total. The number of rotatable bonds is 5. The molecular weight excluding hydrogens is 330 g/mol. The molecule has 3 rings (SSSR count). The Balaban J connectivity index is 1.62. The fourth-order valence-corrected chi connectivity index (χ4v) is 3.07. The number of pyridine rings is 1. The Labute approximate surface area is 153 Å². The summed E-state index contributed by atoms with van der Waals surface area (Å²) in [5.74, 6) is 0.347. The minimum absolute atomic E-state index is 0.0315. The molecule has 6 heteroatoms. The Morgan fingerprint density at radius 3 is 2.73 bits per heavy atom. The van der Waals surface area contributed by atoms with Crippen molar-refractivity contribution in [3.63, 3.8) is 0 Å². The minimum atomic E-state index is -0.370. The predicted octanol–water partition coefficient (Wildman–Crippen LogP) is 3.11. The summed E-state index contributed by atoms with van der Waals surface area (Å²) >= 11 is 0. The monoisotopic (exact) mass is 353 g/mol. The number of amides is 1. The predicted molar refractivity (Wildman–Crippen MR) is 100 cm³/mol. The number of ether oxygens (including phenoxy) is 1. The highest BCUT2D eigenvalue weighted by Crippen LogP contribution is 2.23. The normalized spacial score (nSPS) is 16.8. The van der Waals surface area contributed by atoms with Crippen molar-refractivity contribution in [1.29, 1.82) is 0 Å². The number of carbonyl (C=O) groups is 2. The third-order valence-electron chi connectivity index (χ3n) is 4.42. The molecule has 0 spiro atoms. The quantitative estimate of drug-likeness (QED) is 0.836. The van der Waals surface area contributed by atoms with Crippen LogP contribution in [-0.4, -0.2) is 36.6 Å². The van der Waals surface area contributed by atoms with Crippen LogP contribution in [0.5, 0.6) is 0 Å². The second-order valence-electron chi connectivity index (χ2n) is 6.27. The van der Waals surface area contributed by atoms with E-state index in [4.69, 9.17) is 4.74 Å². The molecular formula is C20H23N3O3. The maximum Gasteiger partial charge on any atom is 0.339 e. The maximum atomic E-state index is 12.5. The molecule has 1 aromatic heterocycles. The van der Waals surface area contributed by atoms with Crippen LogP contribution in [0.15, 0.2) is 48.7 Å². The molecule has 6 nitrogen and oxygen atoms in total. The summed E-state index contributed by atoms with van der Waals surface area (Å²) in [6.07, 6.45) is 3.31. The highest BCUT2D eigenvalue weighted by molar-refractivity contribution is 5.93. The van der Waals surface area contributed by atoms with Gasteiger partial charge in [0.25, 0.3) is 0 Å². The lowest BCUT2D eigenvalue weighted by molar-refractivity contribution is -0.120. The van der Waals surface area contributed by atoms with E-state index < -0.39 is 0 Å². The molecule has 26 heavy (non-hydrogen) atoms. The molecule has 0 bridgehead atoms. The zero-order chi connectivity index (χ0) is 18.4. The number of para-hydroxylation sites is 1. The van der Waals surface area contributed by atoms with Gasteiger partial charge in [0.15, 0.2) is 0 Å². The van der Waals surface area contributed by atoms with E-state index in [-0.39, 0.29) is 17.8 Å². The zero-order valence-electron chi connectivity index (χ0n) is 14.9. The molecule has 1 fully saturated rings. The van der Waals surface area contributed by atoms with Gasteiger partial charge in [-0.25, -0.2) is 9.78 Å².